The third kappa shape index (κ3) is 2.93. The third-order valence-corrected chi connectivity index (χ3v) is 5.82. The molecule has 2 fully saturated rings. The molecule has 5 rings (SSSR count). The first-order chi connectivity index (χ1) is 14.2. The maximum Gasteiger partial charge on any atom is 0.294 e. The smallest absolute Gasteiger partial charge is 0.294 e. The zero-order chi connectivity index (χ0) is 19.8. The van der Waals surface area contributed by atoms with Gasteiger partial charge in [-0.05, 0) is 43.9 Å². The Morgan fingerprint density at radius 2 is 1.90 bits per heavy atom. The normalized spacial score (nSPS) is 22.0. The molecule has 148 valence electrons. The van der Waals surface area contributed by atoms with Gasteiger partial charge in [-0.2, -0.15) is 4.98 Å². The molecule has 9 nitrogen and oxygen atoms in total. The number of hydrogen-bond acceptors (Lipinski definition) is 6. The fourth-order valence-corrected chi connectivity index (χ4v) is 4.50. The number of amides is 2. The van der Waals surface area contributed by atoms with Crippen molar-refractivity contribution < 1.29 is 9.59 Å². The fourth-order valence-electron chi connectivity index (χ4n) is 4.50. The van der Waals surface area contributed by atoms with Crippen LogP contribution >= 0.6 is 0 Å². The van der Waals surface area contributed by atoms with Crippen molar-refractivity contribution in [3.05, 3.63) is 54.4 Å². The number of nitrogens with zero attached hydrogens (tertiary/aromatic N) is 7. The molecule has 2 saturated heterocycles. The number of fused-ring (bicyclic) bond motifs is 1. The van der Waals surface area contributed by atoms with Gasteiger partial charge in [0.1, 0.15) is 5.54 Å². The Bertz CT molecular complexity index is 1030. The van der Waals surface area contributed by atoms with Crippen molar-refractivity contribution in [1.29, 1.82) is 0 Å². The van der Waals surface area contributed by atoms with E-state index in [-0.39, 0.29) is 17.6 Å². The van der Waals surface area contributed by atoms with E-state index >= 15 is 0 Å². The van der Waals surface area contributed by atoms with Crippen molar-refractivity contribution in [3.8, 4) is 0 Å². The van der Waals surface area contributed by atoms with Crippen LogP contribution in [0.1, 0.15) is 42.0 Å². The summed E-state index contributed by atoms with van der Waals surface area (Å²) in [6, 6.07) is 7.42. The lowest BCUT2D eigenvalue weighted by molar-refractivity contribution is -0.146. The van der Waals surface area contributed by atoms with Gasteiger partial charge in [0.15, 0.2) is 0 Å². The number of hydrogen-bond donors (Lipinski definition) is 0. The van der Waals surface area contributed by atoms with Gasteiger partial charge in [-0.3, -0.25) is 14.6 Å². The minimum atomic E-state index is -0.810. The summed E-state index contributed by atoms with van der Waals surface area (Å²) in [6.07, 6.45) is 8.02. The molecule has 0 N–H and O–H groups in total. The molecule has 0 saturated carbocycles. The summed E-state index contributed by atoms with van der Waals surface area (Å²) in [4.78, 5) is 43.0. The molecule has 1 atom stereocenters. The summed E-state index contributed by atoms with van der Waals surface area (Å²) in [5.41, 5.74) is 0.0385. The van der Waals surface area contributed by atoms with E-state index in [4.69, 9.17) is 0 Å². The van der Waals surface area contributed by atoms with Crippen LogP contribution in [0, 0.1) is 0 Å². The molecule has 5 heterocycles. The maximum absolute atomic E-state index is 13.5. The summed E-state index contributed by atoms with van der Waals surface area (Å²) in [5.74, 6) is 0.152. The zero-order valence-electron chi connectivity index (χ0n) is 15.9. The van der Waals surface area contributed by atoms with Crippen molar-refractivity contribution in [2.45, 2.75) is 37.8 Å². The minimum absolute atomic E-state index is 0.00198. The molecule has 29 heavy (non-hydrogen) atoms. The largest absolute Gasteiger partial charge is 0.335 e. The van der Waals surface area contributed by atoms with Crippen LogP contribution in [0.4, 0.5) is 0 Å². The summed E-state index contributed by atoms with van der Waals surface area (Å²) in [7, 11) is 0. The highest BCUT2D eigenvalue weighted by molar-refractivity contribution is 5.98. The molecule has 1 spiro atoms. The molecular formula is C20H21N7O2. The first-order valence-electron chi connectivity index (χ1n) is 9.86. The van der Waals surface area contributed by atoms with Crippen molar-refractivity contribution >= 4 is 17.6 Å². The molecule has 0 radical (unpaired) electrons. The molecule has 2 aliphatic heterocycles. The van der Waals surface area contributed by atoms with Gasteiger partial charge in [-0.1, -0.05) is 6.07 Å². The van der Waals surface area contributed by atoms with Gasteiger partial charge in [0, 0.05) is 31.7 Å². The van der Waals surface area contributed by atoms with Gasteiger partial charge in [0.05, 0.1) is 12.2 Å². The Morgan fingerprint density at radius 1 is 1.07 bits per heavy atom. The number of carbonyl (C=O) groups is 2. The average Bonchev–Trinajstić information content (AvgIpc) is 3.37. The van der Waals surface area contributed by atoms with Crippen molar-refractivity contribution in [2.75, 3.05) is 13.1 Å². The van der Waals surface area contributed by atoms with Gasteiger partial charge in [0.25, 0.3) is 11.7 Å². The Labute approximate surface area is 167 Å². The molecule has 9 heteroatoms. The van der Waals surface area contributed by atoms with E-state index in [1.807, 2.05) is 23.1 Å². The van der Waals surface area contributed by atoms with Crippen LogP contribution in [0.15, 0.2) is 42.9 Å². The quantitative estimate of drug-likeness (QED) is 0.668. The van der Waals surface area contributed by atoms with Crippen molar-refractivity contribution in [2.24, 2.45) is 0 Å². The molecule has 3 aromatic rings. The van der Waals surface area contributed by atoms with E-state index in [0.29, 0.717) is 38.3 Å². The monoisotopic (exact) mass is 391 g/mol. The number of piperidine rings is 1. The van der Waals surface area contributed by atoms with Crippen LogP contribution in [0.2, 0.25) is 0 Å². The molecule has 2 amide bonds. The van der Waals surface area contributed by atoms with E-state index < -0.39 is 5.54 Å². The number of likely N-dealkylation sites (tertiary alicyclic amines) is 2. The Kier molecular flexibility index (Phi) is 4.22. The number of pyridine rings is 1. The van der Waals surface area contributed by atoms with Crippen LogP contribution in [0.5, 0.6) is 0 Å². The van der Waals surface area contributed by atoms with Crippen molar-refractivity contribution in [3.63, 3.8) is 0 Å². The summed E-state index contributed by atoms with van der Waals surface area (Å²) in [5, 5.41) is 4.26. The first kappa shape index (κ1) is 17.7. The molecule has 2 aliphatic rings. The van der Waals surface area contributed by atoms with Crippen LogP contribution in [-0.2, 0) is 11.3 Å². The second-order valence-electron chi connectivity index (χ2n) is 7.54. The van der Waals surface area contributed by atoms with Crippen LogP contribution < -0.4 is 0 Å². The second kappa shape index (κ2) is 6.91. The van der Waals surface area contributed by atoms with Gasteiger partial charge in [-0.15, -0.1) is 5.10 Å². The lowest BCUT2D eigenvalue weighted by atomic mass is 9.85. The molecule has 0 aliphatic carbocycles. The van der Waals surface area contributed by atoms with Gasteiger partial charge < -0.3 is 9.80 Å². The summed E-state index contributed by atoms with van der Waals surface area (Å²) in [6.45, 7) is 1.67. The van der Waals surface area contributed by atoms with Crippen molar-refractivity contribution in [1.82, 2.24) is 34.4 Å². The van der Waals surface area contributed by atoms with Gasteiger partial charge >= 0.3 is 0 Å². The van der Waals surface area contributed by atoms with Crippen LogP contribution in [-0.4, -0.2) is 64.8 Å². The maximum atomic E-state index is 13.5. The van der Waals surface area contributed by atoms with E-state index in [0.717, 1.165) is 18.5 Å². The van der Waals surface area contributed by atoms with E-state index in [9.17, 15) is 9.59 Å². The predicted molar refractivity (Wildman–Crippen MR) is 103 cm³/mol. The highest BCUT2D eigenvalue weighted by atomic mass is 16.2. The van der Waals surface area contributed by atoms with E-state index in [1.165, 1.54) is 4.52 Å². The standard InChI is InChI=1S/C20H21N7O2/c28-17(16-23-19-22-10-5-13-27(19)24-16)26-12-4-8-20(26)7-3-11-25(18(20)29)14-15-6-1-2-9-21-15/h1-2,5-6,9-10,13H,3-4,7-8,11-12,14H2. The minimum Gasteiger partial charge on any atom is -0.335 e. The summed E-state index contributed by atoms with van der Waals surface area (Å²) >= 11 is 0. The number of carbonyl (C=O) groups excluding carboxylic acids is 2. The van der Waals surface area contributed by atoms with E-state index in [1.54, 1.807) is 29.6 Å². The SMILES string of the molecule is O=C(c1nc2ncccn2n1)N1CCCC12CCCN(Cc1ccccn1)C2=O. The molecular weight excluding hydrogens is 370 g/mol. The predicted octanol–water partition coefficient (Wildman–Crippen LogP) is 1.32. The highest BCUT2D eigenvalue weighted by Gasteiger charge is 2.53. The first-order valence-corrected chi connectivity index (χ1v) is 9.86. The van der Waals surface area contributed by atoms with Crippen LogP contribution in [0.25, 0.3) is 5.78 Å². The fraction of sp³-hybridized carbons (Fsp3) is 0.400. The van der Waals surface area contributed by atoms with Gasteiger partial charge in [-0.25, -0.2) is 9.50 Å². The molecule has 1 unspecified atom stereocenters. The molecule has 0 aromatic carbocycles. The van der Waals surface area contributed by atoms with Crippen LogP contribution in [0.3, 0.4) is 0 Å². The second-order valence-corrected chi connectivity index (χ2v) is 7.54. The highest BCUT2D eigenvalue weighted by Crippen LogP contribution is 2.39. The topological polar surface area (TPSA) is 96.6 Å². The third-order valence-electron chi connectivity index (χ3n) is 5.82. The average molecular weight is 391 g/mol. The van der Waals surface area contributed by atoms with E-state index in [2.05, 4.69) is 20.1 Å². The Morgan fingerprint density at radius 3 is 2.69 bits per heavy atom. The molecule has 0 bridgehead atoms. The number of aromatic nitrogens is 5. The number of rotatable bonds is 3. The summed E-state index contributed by atoms with van der Waals surface area (Å²) < 4.78 is 1.48. The molecule has 3 aromatic heterocycles. The zero-order valence-corrected chi connectivity index (χ0v) is 15.9. The lowest BCUT2D eigenvalue weighted by Crippen LogP contribution is -2.61. The lowest BCUT2D eigenvalue weighted by Gasteiger charge is -2.44. The van der Waals surface area contributed by atoms with Gasteiger partial charge in [0.2, 0.25) is 11.7 Å². The Hall–Kier alpha value is -3.36. The Balaban J connectivity index is 1.43.